The molecule has 0 fully saturated rings. The van der Waals surface area contributed by atoms with Crippen LogP contribution in [-0.4, -0.2) is 29.6 Å². The summed E-state index contributed by atoms with van der Waals surface area (Å²) in [5.41, 5.74) is 5.97. The van der Waals surface area contributed by atoms with E-state index in [4.69, 9.17) is 22.4 Å². The van der Waals surface area contributed by atoms with Crippen LogP contribution in [0.2, 0.25) is 5.02 Å². The summed E-state index contributed by atoms with van der Waals surface area (Å²) < 4.78 is 0. The van der Waals surface area contributed by atoms with Gasteiger partial charge in [-0.15, -0.1) is 0 Å². The Balaban J connectivity index is 3.29. The number of primary amides is 1. The molecule has 1 amide bonds. The van der Waals surface area contributed by atoms with Gasteiger partial charge in [0.05, 0.1) is 11.3 Å². The topological polar surface area (TPSA) is 83.6 Å². The van der Waals surface area contributed by atoms with Gasteiger partial charge in [0, 0.05) is 11.1 Å². The Kier molecular flexibility index (Phi) is 4.55. The Hall–Kier alpha value is -1.75. The number of halogens is 1. The molecule has 1 aromatic carbocycles. The number of amides is 1. The normalized spacial score (nSPS) is 10.4. The molecule has 0 spiro atoms. The second-order valence-electron chi connectivity index (χ2n) is 4.14. The molecule has 0 aromatic heterocycles. The average molecular weight is 271 g/mol. The van der Waals surface area contributed by atoms with E-state index in [1.807, 2.05) is 13.8 Å². The van der Waals surface area contributed by atoms with E-state index in [0.717, 1.165) is 0 Å². The van der Waals surface area contributed by atoms with Crippen LogP contribution in [0.5, 0.6) is 0 Å². The molecular formula is C12H15ClN2O3. The molecule has 0 heterocycles. The number of aliphatic carboxylic acids is 1. The Morgan fingerprint density at radius 3 is 2.50 bits per heavy atom. The standard InChI is InChI=1S/C12H15ClN2O3/c1-7(2)15(6-11(16)17)10-5-8(13)3-4-9(10)12(14)18/h3-5,7H,6H2,1-2H3,(H2,14,18)(H,16,17). The highest BCUT2D eigenvalue weighted by atomic mass is 35.5. The summed E-state index contributed by atoms with van der Waals surface area (Å²) in [6, 6.07) is 4.49. The van der Waals surface area contributed by atoms with E-state index in [9.17, 15) is 9.59 Å². The van der Waals surface area contributed by atoms with E-state index in [1.165, 1.54) is 6.07 Å². The lowest BCUT2D eigenvalue weighted by molar-refractivity contribution is -0.135. The van der Waals surface area contributed by atoms with Gasteiger partial charge < -0.3 is 15.7 Å². The Bertz CT molecular complexity index is 474. The van der Waals surface area contributed by atoms with Crippen LogP contribution >= 0.6 is 11.6 Å². The predicted octanol–water partition coefficient (Wildman–Crippen LogP) is 1.74. The minimum atomic E-state index is -0.987. The van der Waals surface area contributed by atoms with Gasteiger partial charge in [0.15, 0.2) is 0 Å². The number of hydrogen-bond acceptors (Lipinski definition) is 3. The number of carbonyl (C=O) groups is 2. The first kappa shape index (κ1) is 14.3. The molecular weight excluding hydrogens is 256 g/mol. The van der Waals surface area contributed by atoms with Crippen LogP contribution in [0.3, 0.4) is 0 Å². The van der Waals surface area contributed by atoms with Gasteiger partial charge in [-0.25, -0.2) is 0 Å². The third-order valence-electron chi connectivity index (χ3n) is 2.46. The van der Waals surface area contributed by atoms with E-state index in [-0.39, 0.29) is 18.2 Å². The minimum absolute atomic E-state index is 0.0994. The zero-order chi connectivity index (χ0) is 13.9. The number of carbonyl (C=O) groups excluding carboxylic acids is 1. The number of carboxylic acid groups (broad SMARTS) is 1. The lowest BCUT2D eigenvalue weighted by Crippen LogP contribution is -2.37. The van der Waals surface area contributed by atoms with Crippen LogP contribution < -0.4 is 10.6 Å². The molecule has 0 saturated carbocycles. The van der Waals surface area contributed by atoms with E-state index >= 15 is 0 Å². The molecule has 18 heavy (non-hydrogen) atoms. The predicted molar refractivity (Wildman–Crippen MR) is 70.1 cm³/mol. The molecule has 0 aliphatic carbocycles. The maximum Gasteiger partial charge on any atom is 0.323 e. The van der Waals surface area contributed by atoms with Crippen molar-refractivity contribution in [3.05, 3.63) is 28.8 Å². The van der Waals surface area contributed by atoms with Gasteiger partial charge >= 0.3 is 5.97 Å². The van der Waals surface area contributed by atoms with Gasteiger partial charge in [0.2, 0.25) is 0 Å². The molecule has 98 valence electrons. The monoisotopic (exact) mass is 270 g/mol. The number of carboxylic acids is 1. The summed E-state index contributed by atoms with van der Waals surface area (Å²) in [4.78, 5) is 23.8. The number of nitrogens with two attached hydrogens (primary N) is 1. The smallest absolute Gasteiger partial charge is 0.323 e. The summed E-state index contributed by atoms with van der Waals surface area (Å²) in [5.74, 6) is -1.60. The molecule has 0 saturated heterocycles. The number of rotatable bonds is 5. The van der Waals surface area contributed by atoms with Crippen molar-refractivity contribution in [3.8, 4) is 0 Å². The molecule has 0 unspecified atom stereocenters. The number of anilines is 1. The minimum Gasteiger partial charge on any atom is -0.480 e. The van der Waals surface area contributed by atoms with Gasteiger partial charge in [-0.3, -0.25) is 9.59 Å². The Morgan fingerprint density at radius 1 is 1.44 bits per heavy atom. The maximum absolute atomic E-state index is 11.4. The number of hydrogen-bond donors (Lipinski definition) is 2. The molecule has 1 rings (SSSR count). The first-order valence-corrected chi connectivity index (χ1v) is 5.78. The first-order valence-electron chi connectivity index (χ1n) is 5.40. The second-order valence-corrected chi connectivity index (χ2v) is 4.58. The summed E-state index contributed by atoms with van der Waals surface area (Å²) >= 11 is 5.88. The van der Waals surface area contributed by atoms with Gasteiger partial charge in [0.25, 0.3) is 5.91 Å². The van der Waals surface area contributed by atoms with Crippen LogP contribution in [-0.2, 0) is 4.79 Å². The summed E-state index contributed by atoms with van der Waals surface area (Å²) in [6.07, 6.45) is 0. The quantitative estimate of drug-likeness (QED) is 0.854. The van der Waals surface area contributed by atoms with Crippen molar-refractivity contribution in [3.63, 3.8) is 0 Å². The number of nitrogens with zero attached hydrogens (tertiary/aromatic N) is 1. The van der Waals surface area contributed by atoms with E-state index in [0.29, 0.717) is 10.7 Å². The summed E-state index contributed by atoms with van der Waals surface area (Å²) in [6.45, 7) is 3.43. The Morgan fingerprint density at radius 2 is 2.06 bits per heavy atom. The zero-order valence-electron chi connectivity index (χ0n) is 10.2. The largest absolute Gasteiger partial charge is 0.480 e. The molecule has 0 aliphatic heterocycles. The van der Waals surface area contributed by atoms with Gasteiger partial charge in [-0.1, -0.05) is 11.6 Å². The molecule has 0 bridgehead atoms. The van der Waals surface area contributed by atoms with Crippen LogP contribution in [0.1, 0.15) is 24.2 Å². The summed E-state index contributed by atoms with van der Waals surface area (Å²) in [7, 11) is 0. The fourth-order valence-corrected chi connectivity index (χ4v) is 1.81. The van der Waals surface area contributed by atoms with Gasteiger partial charge in [0.1, 0.15) is 6.54 Å². The number of benzene rings is 1. The van der Waals surface area contributed by atoms with E-state index in [1.54, 1.807) is 17.0 Å². The van der Waals surface area contributed by atoms with Crippen molar-refractivity contribution in [2.45, 2.75) is 19.9 Å². The SMILES string of the molecule is CC(C)N(CC(=O)O)c1cc(Cl)ccc1C(N)=O. The van der Waals surface area contributed by atoms with Crippen LogP contribution in [0.25, 0.3) is 0 Å². The van der Waals surface area contributed by atoms with Crippen molar-refractivity contribution in [2.75, 3.05) is 11.4 Å². The van der Waals surface area contributed by atoms with Gasteiger partial charge in [-0.2, -0.15) is 0 Å². The van der Waals surface area contributed by atoms with Crippen molar-refractivity contribution in [1.29, 1.82) is 0 Å². The summed E-state index contributed by atoms with van der Waals surface area (Å²) in [5, 5.41) is 9.32. The lowest BCUT2D eigenvalue weighted by atomic mass is 10.1. The molecule has 1 aromatic rings. The molecule has 3 N–H and O–H groups in total. The van der Waals surface area contributed by atoms with Crippen LogP contribution in [0, 0.1) is 0 Å². The molecule has 0 radical (unpaired) electrons. The first-order chi connectivity index (χ1) is 8.32. The maximum atomic E-state index is 11.4. The zero-order valence-corrected chi connectivity index (χ0v) is 10.9. The average Bonchev–Trinajstić information content (AvgIpc) is 2.24. The fraction of sp³-hybridized carbons (Fsp3) is 0.333. The second kappa shape index (κ2) is 5.73. The third-order valence-corrected chi connectivity index (χ3v) is 2.70. The third kappa shape index (κ3) is 3.37. The van der Waals surface area contributed by atoms with Gasteiger partial charge in [-0.05, 0) is 32.0 Å². The molecule has 0 aliphatic rings. The molecule has 0 atom stereocenters. The Labute approximate surface area is 110 Å². The van der Waals surface area contributed by atoms with Crippen LogP contribution in [0.15, 0.2) is 18.2 Å². The van der Waals surface area contributed by atoms with Crippen LogP contribution in [0.4, 0.5) is 5.69 Å². The van der Waals surface area contributed by atoms with E-state index < -0.39 is 11.9 Å². The highest BCUT2D eigenvalue weighted by Gasteiger charge is 2.20. The molecule has 5 nitrogen and oxygen atoms in total. The lowest BCUT2D eigenvalue weighted by Gasteiger charge is -2.28. The fourth-order valence-electron chi connectivity index (χ4n) is 1.64. The molecule has 6 heteroatoms. The highest BCUT2D eigenvalue weighted by Crippen LogP contribution is 2.26. The highest BCUT2D eigenvalue weighted by molar-refractivity contribution is 6.31. The van der Waals surface area contributed by atoms with Crippen molar-refractivity contribution in [1.82, 2.24) is 0 Å². The van der Waals surface area contributed by atoms with Crippen molar-refractivity contribution < 1.29 is 14.7 Å². The van der Waals surface area contributed by atoms with Crippen molar-refractivity contribution in [2.24, 2.45) is 5.73 Å². The van der Waals surface area contributed by atoms with Crippen molar-refractivity contribution >= 4 is 29.2 Å². The van der Waals surface area contributed by atoms with E-state index in [2.05, 4.69) is 0 Å².